The Labute approximate surface area is 160 Å². The van der Waals surface area contributed by atoms with Crippen LogP contribution in [0.5, 0.6) is 0 Å². The summed E-state index contributed by atoms with van der Waals surface area (Å²) in [6, 6.07) is 8.48. The first kappa shape index (κ1) is 21.0. The second-order valence-electron chi connectivity index (χ2n) is 6.97. The van der Waals surface area contributed by atoms with Crippen molar-refractivity contribution in [2.45, 2.75) is 57.4 Å². The maximum Gasteiger partial charge on any atom is 0.319 e. The topological polar surface area (TPSA) is 112 Å². The number of ether oxygens (including phenoxy) is 1. The zero-order valence-corrected chi connectivity index (χ0v) is 15.9. The van der Waals surface area contributed by atoms with E-state index < -0.39 is 6.10 Å². The fourth-order valence-corrected chi connectivity index (χ4v) is 3.03. The second-order valence-corrected chi connectivity index (χ2v) is 6.97. The van der Waals surface area contributed by atoms with Gasteiger partial charge in [0, 0.05) is 18.3 Å². The lowest BCUT2D eigenvalue weighted by Crippen LogP contribution is -2.52. The standard InChI is InChI=1S/C19H30N4O4/c1-13(2)21-18(25)20-11-10-15-8-9-16(17(12-24)27-15)23-19(26)22-14-6-4-3-5-7-14/h3-7,13,15-17,24H,8-12H2,1-2H3,(H2,20,21,25)(H2,22,23,26)/t15-,16+,17-/m1/s1. The third-order valence-electron chi connectivity index (χ3n) is 4.32. The fraction of sp³-hybridized carbons (Fsp3) is 0.579. The summed E-state index contributed by atoms with van der Waals surface area (Å²) in [5.74, 6) is 0. The Morgan fingerprint density at radius 3 is 2.59 bits per heavy atom. The van der Waals surface area contributed by atoms with Crippen molar-refractivity contribution in [1.29, 1.82) is 0 Å². The van der Waals surface area contributed by atoms with Crippen LogP contribution in [-0.2, 0) is 4.74 Å². The third-order valence-corrected chi connectivity index (χ3v) is 4.32. The van der Waals surface area contributed by atoms with E-state index in [-0.39, 0.29) is 36.9 Å². The Morgan fingerprint density at radius 2 is 1.93 bits per heavy atom. The number of urea groups is 2. The van der Waals surface area contributed by atoms with Crippen LogP contribution >= 0.6 is 0 Å². The van der Waals surface area contributed by atoms with Crippen LogP contribution in [-0.4, -0.2) is 54.6 Å². The molecule has 8 heteroatoms. The highest BCUT2D eigenvalue weighted by atomic mass is 16.5. The molecule has 1 aliphatic rings. The van der Waals surface area contributed by atoms with E-state index in [1.807, 2.05) is 32.0 Å². The molecule has 0 saturated carbocycles. The van der Waals surface area contributed by atoms with Crippen LogP contribution in [0, 0.1) is 0 Å². The molecule has 5 N–H and O–H groups in total. The largest absolute Gasteiger partial charge is 0.394 e. The predicted molar refractivity (Wildman–Crippen MR) is 104 cm³/mol. The lowest BCUT2D eigenvalue weighted by molar-refractivity contribution is -0.0885. The maximum atomic E-state index is 12.1. The van der Waals surface area contributed by atoms with Gasteiger partial charge in [0.2, 0.25) is 0 Å². The first-order valence-corrected chi connectivity index (χ1v) is 9.41. The zero-order valence-electron chi connectivity index (χ0n) is 15.9. The summed E-state index contributed by atoms with van der Waals surface area (Å²) in [5.41, 5.74) is 0.705. The van der Waals surface area contributed by atoms with Gasteiger partial charge in [-0.05, 0) is 45.2 Å². The fourth-order valence-electron chi connectivity index (χ4n) is 3.03. The quantitative estimate of drug-likeness (QED) is 0.498. The Bertz CT molecular complexity index is 597. The molecule has 0 aliphatic carbocycles. The number of rotatable bonds is 7. The van der Waals surface area contributed by atoms with Gasteiger partial charge < -0.3 is 31.1 Å². The molecule has 1 heterocycles. The highest BCUT2D eigenvalue weighted by Gasteiger charge is 2.31. The molecule has 1 saturated heterocycles. The minimum absolute atomic E-state index is 0.0586. The first-order chi connectivity index (χ1) is 13.0. The van der Waals surface area contributed by atoms with E-state index in [0.717, 1.165) is 6.42 Å². The second kappa shape index (κ2) is 10.7. The molecule has 2 rings (SSSR count). The molecular formula is C19H30N4O4. The van der Waals surface area contributed by atoms with E-state index in [0.29, 0.717) is 25.1 Å². The molecule has 1 aromatic carbocycles. The Hall–Kier alpha value is -2.32. The van der Waals surface area contributed by atoms with Crippen LogP contribution < -0.4 is 21.3 Å². The monoisotopic (exact) mass is 378 g/mol. The van der Waals surface area contributed by atoms with Crippen LogP contribution in [0.3, 0.4) is 0 Å². The zero-order chi connectivity index (χ0) is 19.6. The number of aliphatic hydroxyl groups is 1. The Kier molecular flexibility index (Phi) is 8.35. The lowest BCUT2D eigenvalue weighted by Gasteiger charge is -2.36. The maximum absolute atomic E-state index is 12.1. The number of benzene rings is 1. The van der Waals surface area contributed by atoms with Crippen molar-refractivity contribution in [1.82, 2.24) is 16.0 Å². The van der Waals surface area contributed by atoms with Crippen molar-refractivity contribution >= 4 is 17.7 Å². The summed E-state index contributed by atoms with van der Waals surface area (Å²) in [4.78, 5) is 23.7. The van der Waals surface area contributed by atoms with Crippen molar-refractivity contribution in [3.8, 4) is 0 Å². The van der Waals surface area contributed by atoms with Crippen LogP contribution in [0.25, 0.3) is 0 Å². The Balaban J connectivity index is 1.73. The van der Waals surface area contributed by atoms with Gasteiger partial charge in [0.25, 0.3) is 0 Å². The van der Waals surface area contributed by atoms with E-state index >= 15 is 0 Å². The number of hydrogen-bond acceptors (Lipinski definition) is 4. The van der Waals surface area contributed by atoms with Crippen LogP contribution in [0.1, 0.15) is 33.1 Å². The van der Waals surface area contributed by atoms with Crippen molar-refractivity contribution < 1.29 is 19.4 Å². The normalized spacial score (nSPS) is 22.1. The number of carbonyl (C=O) groups is 2. The highest BCUT2D eigenvalue weighted by molar-refractivity contribution is 5.89. The SMILES string of the molecule is CC(C)NC(=O)NCC[C@H]1CC[C@H](NC(=O)Nc2ccccc2)[C@@H](CO)O1. The van der Waals surface area contributed by atoms with E-state index in [1.165, 1.54) is 0 Å². The molecule has 8 nitrogen and oxygen atoms in total. The van der Waals surface area contributed by atoms with E-state index in [9.17, 15) is 14.7 Å². The van der Waals surface area contributed by atoms with Gasteiger partial charge in [-0.25, -0.2) is 9.59 Å². The molecule has 0 aromatic heterocycles. The number of hydrogen-bond donors (Lipinski definition) is 5. The summed E-state index contributed by atoms with van der Waals surface area (Å²) in [5, 5.41) is 20.8. The number of nitrogens with one attached hydrogen (secondary N) is 4. The molecule has 1 aliphatic heterocycles. The number of carbonyl (C=O) groups excluding carboxylic acids is 2. The van der Waals surface area contributed by atoms with Crippen LogP contribution in [0.2, 0.25) is 0 Å². The predicted octanol–water partition coefficient (Wildman–Crippen LogP) is 1.81. The first-order valence-electron chi connectivity index (χ1n) is 9.41. The van der Waals surface area contributed by atoms with Gasteiger partial charge in [0.1, 0.15) is 6.10 Å². The minimum Gasteiger partial charge on any atom is -0.394 e. The molecule has 150 valence electrons. The third kappa shape index (κ3) is 7.44. The smallest absolute Gasteiger partial charge is 0.319 e. The molecule has 0 unspecified atom stereocenters. The van der Waals surface area contributed by atoms with Gasteiger partial charge in [-0.3, -0.25) is 0 Å². The molecule has 1 fully saturated rings. The van der Waals surface area contributed by atoms with Crippen molar-refractivity contribution in [3.05, 3.63) is 30.3 Å². The molecule has 0 bridgehead atoms. The average Bonchev–Trinajstić information content (AvgIpc) is 2.63. The number of para-hydroxylation sites is 1. The van der Waals surface area contributed by atoms with E-state index in [4.69, 9.17) is 4.74 Å². The molecule has 4 amide bonds. The summed E-state index contributed by atoms with van der Waals surface area (Å²) < 4.78 is 5.90. The number of anilines is 1. The van der Waals surface area contributed by atoms with Crippen molar-refractivity contribution in [3.63, 3.8) is 0 Å². The van der Waals surface area contributed by atoms with Gasteiger partial charge in [0.15, 0.2) is 0 Å². The van der Waals surface area contributed by atoms with Gasteiger partial charge >= 0.3 is 12.1 Å². The van der Waals surface area contributed by atoms with E-state index in [1.54, 1.807) is 12.1 Å². The molecule has 0 radical (unpaired) electrons. The molecular weight excluding hydrogens is 348 g/mol. The van der Waals surface area contributed by atoms with Gasteiger partial charge in [-0.2, -0.15) is 0 Å². The summed E-state index contributed by atoms with van der Waals surface area (Å²) in [6.07, 6.45) is 1.59. The van der Waals surface area contributed by atoms with Gasteiger partial charge in [0.05, 0.1) is 18.8 Å². The summed E-state index contributed by atoms with van der Waals surface area (Å²) >= 11 is 0. The minimum atomic E-state index is -0.463. The Morgan fingerprint density at radius 1 is 1.19 bits per heavy atom. The summed E-state index contributed by atoms with van der Waals surface area (Å²) in [7, 11) is 0. The lowest BCUT2D eigenvalue weighted by atomic mass is 9.97. The van der Waals surface area contributed by atoms with Gasteiger partial charge in [-0.15, -0.1) is 0 Å². The van der Waals surface area contributed by atoms with Crippen LogP contribution in [0.15, 0.2) is 30.3 Å². The van der Waals surface area contributed by atoms with Gasteiger partial charge in [-0.1, -0.05) is 18.2 Å². The van der Waals surface area contributed by atoms with Crippen LogP contribution in [0.4, 0.5) is 15.3 Å². The molecule has 1 aromatic rings. The van der Waals surface area contributed by atoms with Crippen molar-refractivity contribution in [2.24, 2.45) is 0 Å². The van der Waals surface area contributed by atoms with Crippen molar-refractivity contribution in [2.75, 3.05) is 18.5 Å². The van der Waals surface area contributed by atoms with E-state index in [2.05, 4.69) is 21.3 Å². The average molecular weight is 378 g/mol. The molecule has 27 heavy (non-hydrogen) atoms. The summed E-state index contributed by atoms with van der Waals surface area (Å²) in [6.45, 7) is 4.12. The number of amides is 4. The highest BCUT2D eigenvalue weighted by Crippen LogP contribution is 2.21. The number of aliphatic hydroxyl groups excluding tert-OH is 1. The molecule has 3 atom stereocenters. The molecule has 0 spiro atoms.